The number of imide groups is 1. The van der Waals surface area contributed by atoms with Crippen LogP contribution in [0.2, 0.25) is 5.02 Å². The van der Waals surface area contributed by atoms with Crippen molar-refractivity contribution in [2.24, 2.45) is 0 Å². The number of piperazine rings is 1. The number of benzene rings is 2. The molecule has 1 aromatic heterocycles. The number of hydrogen-bond donors (Lipinski definition) is 2. The number of nitriles is 1. The minimum absolute atomic E-state index is 0.00220. The Bertz CT molecular complexity index is 1900. The molecule has 264 valence electrons. The van der Waals surface area contributed by atoms with Crippen molar-refractivity contribution >= 4 is 41.0 Å². The molecule has 0 radical (unpaired) electrons. The van der Waals surface area contributed by atoms with Crippen molar-refractivity contribution in [3.63, 3.8) is 0 Å². The second-order valence-electron chi connectivity index (χ2n) is 13.4. The number of carbonyl (C=O) groups is 4. The van der Waals surface area contributed by atoms with E-state index >= 15 is 4.39 Å². The lowest BCUT2D eigenvalue weighted by atomic mass is 9.93. The largest absolute Gasteiger partial charge is 0.490 e. The summed E-state index contributed by atoms with van der Waals surface area (Å²) in [5.74, 6) is -0.720. The Morgan fingerprint density at radius 2 is 1.80 bits per heavy atom. The first kappa shape index (κ1) is 34.3. The molecule has 2 N–H and O–H groups in total. The summed E-state index contributed by atoms with van der Waals surface area (Å²) in [6, 6.07) is 12.8. The molecular formula is C36H36ClFN8O5. The second-order valence-corrected chi connectivity index (χ2v) is 13.8. The topological polar surface area (TPSA) is 161 Å². The van der Waals surface area contributed by atoms with Gasteiger partial charge in [0.2, 0.25) is 11.8 Å². The summed E-state index contributed by atoms with van der Waals surface area (Å²) in [6.45, 7) is 3.12. The number of rotatable bonds is 8. The van der Waals surface area contributed by atoms with Crippen molar-refractivity contribution < 1.29 is 28.3 Å². The Balaban J connectivity index is 0.868. The third kappa shape index (κ3) is 7.50. The Morgan fingerprint density at radius 1 is 1.02 bits per heavy atom. The van der Waals surface area contributed by atoms with Gasteiger partial charge in [0, 0.05) is 68.9 Å². The van der Waals surface area contributed by atoms with Crippen molar-refractivity contribution in [1.82, 2.24) is 30.6 Å². The lowest BCUT2D eigenvalue weighted by molar-refractivity contribution is -0.136. The van der Waals surface area contributed by atoms with E-state index in [0.717, 1.165) is 25.7 Å². The molecule has 1 unspecified atom stereocenters. The van der Waals surface area contributed by atoms with Crippen molar-refractivity contribution in [3.05, 3.63) is 81.3 Å². The molecule has 3 aromatic rings. The molecular weight excluding hydrogens is 679 g/mol. The normalized spacial score (nSPS) is 22.3. The van der Waals surface area contributed by atoms with Crippen LogP contribution in [0.1, 0.15) is 76.1 Å². The van der Waals surface area contributed by atoms with Gasteiger partial charge in [-0.3, -0.25) is 29.4 Å². The maximum absolute atomic E-state index is 15.2. The van der Waals surface area contributed by atoms with Crippen LogP contribution in [-0.2, 0) is 22.7 Å². The van der Waals surface area contributed by atoms with Gasteiger partial charge >= 0.3 is 0 Å². The number of hydrogen-bond acceptors (Lipinski definition) is 10. The van der Waals surface area contributed by atoms with Crippen LogP contribution in [-0.4, -0.2) is 88.0 Å². The van der Waals surface area contributed by atoms with Crippen LogP contribution < -0.4 is 20.3 Å². The molecule has 0 spiro atoms. The highest BCUT2D eigenvalue weighted by molar-refractivity contribution is 6.31. The molecule has 1 atom stereocenters. The SMILES string of the molecule is N#Cc1ccc(O[C@H]2CC[C@H](NC(=O)c3ccc(N4CCN(Cc5cc6c(cc5F)C(=O)N(C5CCC(=O)NC5=O)C6)CC4)nn3)CC2)cc1Cl. The number of halogens is 2. The zero-order valence-corrected chi connectivity index (χ0v) is 28.5. The minimum Gasteiger partial charge on any atom is -0.490 e. The van der Waals surface area contributed by atoms with Gasteiger partial charge in [-0.05, 0) is 74.1 Å². The number of aromatic nitrogens is 2. The Hall–Kier alpha value is -5.13. The third-order valence-corrected chi connectivity index (χ3v) is 10.3. The van der Waals surface area contributed by atoms with Crippen LogP contribution in [0.4, 0.5) is 10.2 Å². The van der Waals surface area contributed by atoms with Gasteiger partial charge in [-0.2, -0.15) is 5.26 Å². The zero-order chi connectivity index (χ0) is 35.6. The monoisotopic (exact) mass is 714 g/mol. The van der Waals surface area contributed by atoms with Gasteiger partial charge in [0.15, 0.2) is 11.5 Å². The van der Waals surface area contributed by atoms with Crippen molar-refractivity contribution in [2.45, 2.75) is 69.8 Å². The molecule has 4 heterocycles. The highest BCUT2D eigenvalue weighted by atomic mass is 35.5. The van der Waals surface area contributed by atoms with Crippen molar-refractivity contribution in [2.75, 3.05) is 31.1 Å². The maximum atomic E-state index is 15.2. The fraction of sp³-hybridized carbons (Fsp3) is 0.417. The smallest absolute Gasteiger partial charge is 0.272 e. The average Bonchev–Trinajstić information content (AvgIpc) is 3.43. The first-order valence-corrected chi connectivity index (χ1v) is 17.5. The van der Waals surface area contributed by atoms with Gasteiger partial charge in [0.25, 0.3) is 11.8 Å². The minimum atomic E-state index is -0.747. The van der Waals surface area contributed by atoms with Crippen LogP contribution in [0.5, 0.6) is 5.75 Å². The highest BCUT2D eigenvalue weighted by Crippen LogP contribution is 2.31. The molecule has 13 nitrogen and oxygen atoms in total. The van der Waals surface area contributed by atoms with Gasteiger partial charge < -0.3 is 19.9 Å². The first-order chi connectivity index (χ1) is 24.6. The quantitative estimate of drug-likeness (QED) is 0.331. The average molecular weight is 715 g/mol. The summed E-state index contributed by atoms with van der Waals surface area (Å²) in [4.78, 5) is 55.5. The molecule has 15 heteroatoms. The van der Waals surface area contributed by atoms with E-state index in [2.05, 4.69) is 30.6 Å². The van der Waals surface area contributed by atoms with E-state index in [9.17, 15) is 19.2 Å². The molecule has 51 heavy (non-hydrogen) atoms. The Kier molecular flexibility index (Phi) is 9.84. The fourth-order valence-electron chi connectivity index (χ4n) is 7.19. The molecule has 2 saturated heterocycles. The molecule has 3 aliphatic heterocycles. The van der Waals surface area contributed by atoms with Crippen LogP contribution >= 0.6 is 11.6 Å². The molecule has 4 amide bonds. The Morgan fingerprint density at radius 3 is 2.49 bits per heavy atom. The highest BCUT2D eigenvalue weighted by Gasteiger charge is 2.39. The maximum Gasteiger partial charge on any atom is 0.272 e. The molecule has 4 aliphatic rings. The zero-order valence-electron chi connectivity index (χ0n) is 27.7. The van der Waals surface area contributed by atoms with E-state index in [1.165, 1.54) is 11.0 Å². The number of nitrogens with zero attached hydrogens (tertiary/aromatic N) is 6. The van der Waals surface area contributed by atoms with Crippen LogP contribution in [0.15, 0.2) is 42.5 Å². The summed E-state index contributed by atoms with van der Waals surface area (Å²) < 4.78 is 21.2. The number of anilines is 1. The third-order valence-electron chi connectivity index (χ3n) is 10.0. The predicted octanol–water partition coefficient (Wildman–Crippen LogP) is 3.34. The Labute approximate surface area is 298 Å². The van der Waals surface area contributed by atoms with Gasteiger partial charge in [-0.25, -0.2) is 4.39 Å². The summed E-state index contributed by atoms with van der Waals surface area (Å²) >= 11 is 6.12. The van der Waals surface area contributed by atoms with E-state index in [1.807, 2.05) is 6.07 Å². The van der Waals surface area contributed by atoms with E-state index < -0.39 is 23.7 Å². The molecule has 2 aromatic carbocycles. The van der Waals surface area contributed by atoms with E-state index in [0.29, 0.717) is 66.0 Å². The fourth-order valence-corrected chi connectivity index (χ4v) is 7.40. The van der Waals surface area contributed by atoms with Gasteiger partial charge in [-0.1, -0.05) is 11.6 Å². The van der Waals surface area contributed by atoms with E-state index in [4.69, 9.17) is 21.6 Å². The second kappa shape index (κ2) is 14.6. The number of piperidine rings is 1. The lowest BCUT2D eigenvalue weighted by Gasteiger charge is -2.35. The summed E-state index contributed by atoms with van der Waals surface area (Å²) in [5, 5.41) is 23.3. The van der Waals surface area contributed by atoms with E-state index in [-0.39, 0.29) is 54.6 Å². The number of amides is 4. The molecule has 3 fully saturated rings. The van der Waals surface area contributed by atoms with Gasteiger partial charge in [0.05, 0.1) is 16.7 Å². The predicted molar refractivity (Wildman–Crippen MR) is 182 cm³/mol. The summed E-state index contributed by atoms with van der Waals surface area (Å²) in [7, 11) is 0. The number of carbonyl (C=O) groups excluding carboxylic acids is 4. The van der Waals surface area contributed by atoms with Crippen LogP contribution in [0, 0.1) is 17.1 Å². The lowest BCUT2D eigenvalue weighted by Crippen LogP contribution is -2.52. The van der Waals surface area contributed by atoms with E-state index in [1.54, 1.807) is 36.4 Å². The molecule has 1 saturated carbocycles. The molecule has 0 bridgehead atoms. The van der Waals surface area contributed by atoms with Gasteiger partial charge in [0.1, 0.15) is 23.7 Å². The van der Waals surface area contributed by atoms with Crippen molar-refractivity contribution in [3.8, 4) is 11.8 Å². The molecule has 1 aliphatic carbocycles. The first-order valence-electron chi connectivity index (χ1n) is 17.1. The molecule has 7 rings (SSSR count). The summed E-state index contributed by atoms with van der Waals surface area (Å²) in [6.07, 6.45) is 3.45. The van der Waals surface area contributed by atoms with Crippen molar-refractivity contribution in [1.29, 1.82) is 5.26 Å². The summed E-state index contributed by atoms with van der Waals surface area (Å²) in [5.41, 5.74) is 2.05. The number of fused-ring (bicyclic) bond motifs is 1. The van der Waals surface area contributed by atoms with Crippen LogP contribution in [0.25, 0.3) is 0 Å². The number of nitrogens with one attached hydrogen (secondary N) is 2. The van der Waals surface area contributed by atoms with Gasteiger partial charge in [-0.15, -0.1) is 10.2 Å². The number of ether oxygens (including phenoxy) is 1. The standard InChI is InChI=1S/C36H36ClFN8O5/c37-28-16-26(4-1-21(28)18-39)51-25-5-2-24(3-6-25)40-34(48)30-7-9-32(43-42-30)45-13-11-44(12-14-45)19-23-15-22-20-46(36(50)27(22)17-29(23)38)31-8-10-33(47)41-35(31)49/h1,4,7,9,15-17,24-25,31H,2-3,5-6,8,10-14,19-20H2,(H,40,48)(H,41,47,49)/t24-,25-,31?. The van der Waals surface area contributed by atoms with Crippen LogP contribution in [0.3, 0.4) is 0 Å².